The van der Waals surface area contributed by atoms with Gasteiger partial charge in [-0.2, -0.15) is 0 Å². The van der Waals surface area contributed by atoms with Gasteiger partial charge in [-0.1, -0.05) is 72.7 Å². The molecule has 5 aromatic rings. The number of aromatic amines is 1. The molecule has 0 unspecified atom stereocenters. The maximum atomic E-state index is 11.9. The molecule has 2 heterocycles. The van der Waals surface area contributed by atoms with Gasteiger partial charge in [-0.15, -0.1) is 0 Å². The first-order valence-electron chi connectivity index (χ1n) is 9.97. The summed E-state index contributed by atoms with van der Waals surface area (Å²) in [5, 5.41) is 27.3. The van der Waals surface area contributed by atoms with Gasteiger partial charge in [0.1, 0.15) is 0 Å². The monoisotopic (exact) mass is 414 g/mol. The Balaban J connectivity index is 0.000000175. The van der Waals surface area contributed by atoms with Crippen molar-refractivity contribution in [2.75, 3.05) is 0 Å². The summed E-state index contributed by atoms with van der Waals surface area (Å²) in [5.41, 5.74) is 3.21. The van der Waals surface area contributed by atoms with Crippen molar-refractivity contribution in [2.24, 2.45) is 0 Å². The fraction of sp³-hybridized carbons (Fsp3) is 0.0370. The van der Waals surface area contributed by atoms with Crippen molar-refractivity contribution in [2.45, 2.75) is 6.92 Å². The van der Waals surface area contributed by atoms with Crippen molar-refractivity contribution in [3.8, 4) is 5.75 Å². The Kier molecular flexibility index (Phi) is 6.99. The molecule has 0 aliphatic rings. The van der Waals surface area contributed by atoms with Crippen LogP contribution in [0.25, 0.3) is 44.4 Å². The fourth-order valence-electron chi connectivity index (χ4n) is 3.67. The second-order valence-electron chi connectivity index (χ2n) is 7.02. The fourth-order valence-corrected chi connectivity index (χ4v) is 3.67. The molecule has 5 heteroatoms. The summed E-state index contributed by atoms with van der Waals surface area (Å²) in [6, 6.07) is 20.9. The number of pyridine rings is 2. The van der Waals surface area contributed by atoms with Crippen LogP contribution >= 0.6 is 0 Å². The quantitative estimate of drug-likeness (QED) is 0.248. The minimum Gasteiger partial charge on any atom is -0.872 e. The van der Waals surface area contributed by atoms with E-state index in [1.54, 1.807) is 37.4 Å². The molecular formula is C27H21BeN2O2+. The maximum absolute atomic E-state index is 11.9. The first-order valence-corrected chi connectivity index (χ1v) is 9.97. The largest absolute Gasteiger partial charge is 2.00 e. The number of aromatic nitrogens is 2. The second-order valence-corrected chi connectivity index (χ2v) is 7.02. The molecule has 0 aliphatic carbocycles. The van der Waals surface area contributed by atoms with E-state index in [0.717, 1.165) is 38.1 Å². The average Bonchev–Trinajstić information content (AvgIpc) is 2.83. The van der Waals surface area contributed by atoms with E-state index < -0.39 is 0 Å². The van der Waals surface area contributed by atoms with Gasteiger partial charge in [0.2, 0.25) is 5.52 Å². The first kappa shape index (κ1) is 22.7. The summed E-state index contributed by atoms with van der Waals surface area (Å²) in [6.45, 7) is 5.48. The predicted octanol–water partition coefficient (Wildman–Crippen LogP) is 4.10. The van der Waals surface area contributed by atoms with Gasteiger partial charge in [0.25, 0.3) is 0 Å². The van der Waals surface area contributed by atoms with E-state index >= 15 is 0 Å². The topological polar surface area (TPSA) is 73.2 Å². The molecule has 0 spiro atoms. The van der Waals surface area contributed by atoms with Crippen LogP contribution in [0, 0.1) is 0 Å². The standard InChI is InChI=1S/C14H13NO.C13H9NO.Be/c1-3-10-7-8-11-6-5-9-15-14(11)13(10)12(16)4-2;15-11-5-1-3-9-6-7-10-4-2-8-14-13(10)12(9)11;/h3-9,16H,1H2,2H3;1-8,15H;/q;;+2/p-1/b12-4+;;. The second kappa shape index (κ2) is 9.86. The van der Waals surface area contributed by atoms with Crippen LogP contribution in [0.4, 0.5) is 0 Å². The normalized spacial score (nSPS) is 11.0. The first-order chi connectivity index (χ1) is 15.1. The number of rotatable bonds is 2. The molecule has 0 aliphatic heterocycles. The molecule has 32 heavy (non-hydrogen) atoms. The van der Waals surface area contributed by atoms with Gasteiger partial charge in [-0.05, 0) is 36.1 Å². The Morgan fingerprint density at radius 3 is 2.44 bits per heavy atom. The van der Waals surface area contributed by atoms with E-state index in [1.165, 1.54) is 0 Å². The predicted molar refractivity (Wildman–Crippen MR) is 129 cm³/mol. The van der Waals surface area contributed by atoms with Crippen LogP contribution in [0.2, 0.25) is 0 Å². The summed E-state index contributed by atoms with van der Waals surface area (Å²) in [5.74, 6) is 0.0553. The van der Waals surface area contributed by atoms with Gasteiger partial charge in [-0.3, -0.25) is 4.98 Å². The Hall–Kier alpha value is -4.01. The zero-order chi connectivity index (χ0) is 21.8. The summed E-state index contributed by atoms with van der Waals surface area (Å²) in [7, 11) is 0. The van der Waals surface area contributed by atoms with E-state index in [0.29, 0.717) is 5.56 Å². The zero-order valence-electron chi connectivity index (χ0n) is 17.8. The number of nitrogens with zero attached hydrogens (tertiary/aromatic N) is 1. The molecule has 4 nitrogen and oxygen atoms in total. The van der Waals surface area contributed by atoms with Crippen LogP contribution in [-0.2, 0) is 0 Å². The van der Waals surface area contributed by atoms with E-state index in [1.807, 2.05) is 60.8 Å². The van der Waals surface area contributed by atoms with Crippen LogP contribution in [0.15, 0.2) is 91.8 Å². The van der Waals surface area contributed by atoms with Crippen molar-refractivity contribution in [1.82, 2.24) is 4.98 Å². The van der Waals surface area contributed by atoms with E-state index in [4.69, 9.17) is 0 Å². The molecule has 5 rings (SSSR count). The Morgan fingerprint density at radius 1 is 0.938 bits per heavy atom. The third-order valence-corrected chi connectivity index (χ3v) is 5.17. The molecule has 0 saturated heterocycles. The molecule has 152 valence electrons. The van der Waals surface area contributed by atoms with Gasteiger partial charge in [0.15, 0.2) is 6.20 Å². The molecule has 0 fully saturated rings. The number of hydrogen-bond donors (Lipinski definition) is 0. The van der Waals surface area contributed by atoms with Gasteiger partial charge >= 0.3 is 10.1 Å². The van der Waals surface area contributed by atoms with Crippen LogP contribution in [-0.4, -0.2) is 15.1 Å². The van der Waals surface area contributed by atoms with Crippen LogP contribution in [0.1, 0.15) is 18.1 Å². The van der Waals surface area contributed by atoms with Gasteiger partial charge in [0, 0.05) is 34.0 Å². The molecule has 0 radical (unpaired) electrons. The van der Waals surface area contributed by atoms with E-state index in [9.17, 15) is 10.2 Å². The summed E-state index contributed by atoms with van der Waals surface area (Å²) >= 11 is 0. The van der Waals surface area contributed by atoms with E-state index in [2.05, 4.69) is 16.5 Å². The van der Waals surface area contributed by atoms with Crippen LogP contribution < -0.4 is 15.2 Å². The Morgan fingerprint density at radius 2 is 1.66 bits per heavy atom. The van der Waals surface area contributed by atoms with Gasteiger partial charge in [-0.25, -0.2) is 4.98 Å². The van der Waals surface area contributed by atoms with E-state index in [-0.39, 0.29) is 21.6 Å². The van der Waals surface area contributed by atoms with Crippen LogP contribution in [0.3, 0.4) is 0 Å². The molecule has 0 atom stereocenters. The SMILES string of the molecule is C=Cc1ccc2ccc[nH+]c2c1/C([O-])=C\C.[Be+2].[O-]c1cccc2ccc3cccnc3c12. The molecule has 3 aromatic carbocycles. The minimum absolute atomic E-state index is 0. The summed E-state index contributed by atoms with van der Waals surface area (Å²) in [4.78, 5) is 7.39. The van der Waals surface area contributed by atoms with Crippen molar-refractivity contribution >= 4 is 54.5 Å². The number of H-pyrrole nitrogens is 1. The zero-order valence-corrected chi connectivity index (χ0v) is 17.8. The number of hydrogen-bond acceptors (Lipinski definition) is 3. The van der Waals surface area contributed by atoms with Crippen molar-refractivity contribution in [3.63, 3.8) is 0 Å². The van der Waals surface area contributed by atoms with Crippen molar-refractivity contribution in [1.29, 1.82) is 0 Å². The minimum atomic E-state index is 0. The molecule has 0 amide bonds. The third kappa shape index (κ3) is 4.22. The Labute approximate surface area is 190 Å². The molecule has 2 aromatic heterocycles. The third-order valence-electron chi connectivity index (χ3n) is 5.17. The van der Waals surface area contributed by atoms with Gasteiger partial charge < -0.3 is 10.2 Å². The van der Waals surface area contributed by atoms with Crippen molar-refractivity contribution in [3.05, 3.63) is 103 Å². The summed E-state index contributed by atoms with van der Waals surface area (Å²) < 4.78 is 0. The maximum Gasteiger partial charge on any atom is 2.00 e. The number of benzene rings is 3. The van der Waals surface area contributed by atoms with Crippen molar-refractivity contribution < 1.29 is 15.2 Å². The smallest absolute Gasteiger partial charge is 0.872 e. The number of nitrogens with one attached hydrogen (secondary N) is 1. The number of fused-ring (bicyclic) bond motifs is 4. The molecular weight excluding hydrogens is 393 g/mol. The number of allylic oxidation sites excluding steroid dienone is 1. The molecule has 0 saturated carbocycles. The molecule has 0 bridgehead atoms. The molecule has 1 N–H and O–H groups in total. The van der Waals surface area contributed by atoms with Crippen LogP contribution in [0.5, 0.6) is 5.75 Å². The summed E-state index contributed by atoms with van der Waals surface area (Å²) in [6.07, 6.45) is 6.81. The van der Waals surface area contributed by atoms with Gasteiger partial charge in [0.05, 0.1) is 5.52 Å². The Bertz CT molecular complexity index is 1440. The average molecular weight is 414 g/mol.